The van der Waals surface area contributed by atoms with Gasteiger partial charge in [-0.2, -0.15) is 5.10 Å². The van der Waals surface area contributed by atoms with Crippen LogP contribution in [0.15, 0.2) is 11.1 Å². The molecule has 3 rings (SSSR count). The maximum absolute atomic E-state index is 12.9. The SMILES string of the molecule is Cc1nn(C2O[C@H](CO)[C@@H](O)[C@H]2O)c2c(=O)n(CCC(C)C)cnc12. The Hall–Kier alpha value is -1.81. The highest BCUT2D eigenvalue weighted by molar-refractivity contribution is 5.76. The lowest BCUT2D eigenvalue weighted by Gasteiger charge is -2.16. The van der Waals surface area contributed by atoms with E-state index >= 15 is 0 Å². The van der Waals surface area contributed by atoms with Crippen LogP contribution >= 0.6 is 0 Å². The first-order valence-electron chi connectivity index (χ1n) is 8.41. The van der Waals surface area contributed by atoms with Gasteiger partial charge in [0, 0.05) is 6.54 Å². The van der Waals surface area contributed by atoms with Crippen LogP contribution in [0.2, 0.25) is 0 Å². The predicted molar refractivity (Wildman–Crippen MR) is 89.0 cm³/mol. The molecule has 9 nitrogen and oxygen atoms in total. The molecule has 9 heteroatoms. The molecule has 2 aromatic rings. The van der Waals surface area contributed by atoms with Gasteiger partial charge in [-0.3, -0.25) is 9.36 Å². The Balaban J connectivity index is 2.07. The fourth-order valence-electron chi connectivity index (χ4n) is 3.03. The van der Waals surface area contributed by atoms with Gasteiger partial charge >= 0.3 is 0 Å². The monoisotopic (exact) mass is 352 g/mol. The van der Waals surface area contributed by atoms with Crippen molar-refractivity contribution in [2.24, 2.45) is 5.92 Å². The summed E-state index contributed by atoms with van der Waals surface area (Å²) in [6.45, 7) is 5.95. The van der Waals surface area contributed by atoms with E-state index in [1.54, 1.807) is 6.92 Å². The highest BCUT2D eigenvalue weighted by Crippen LogP contribution is 2.31. The summed E-state index contributed by atoms with van der Waals surface area (Å²) in [5.74, 6) is 0.440. The Kier molecular flexibility index (Phi) is 4.92. The molecule has 4 atom stereocenters. The van der Waals surface area contributed by atoms with E-state index in [-0.39, 0.29) is 11.1 Å². The molecule has 1 aliphatic heterocycles. The summed E-state index contributed by atoms with van der Waals surface area (Å²) in [4.78, 5) is 17.2. The molecule has 0 aliphatic carbocycles. The van der Waals surface area contributed by atoms with E-state index in [0.717, 1.165) is 6.42 Å². The van der Waals surface area contributed by atoms with Crippen LogP contribution in [-0.2, 0) is 11.3 Å². The smallest absolute Gasteiger partial charge is 0.279 e. The number of nitrogens with zero attached hydrogens (tertiary/aromatic N) is 4. The summed E-state index contributed by atoms with van der Waals surface area (Å²) in [6.07, 6.45) is -2.21. The molecule has 1 unspecified atom stereocenters. The second-order valence-electron chi connectivity index (χ2n) is 6.88. The molecule has 0 radical (unpaired) electrons. The third-order valence-electron chi connectivity index (χ3n) is 4.55. The largest absolute Gasteiger partial charge is 0.394 e. The lowest BCUT2D eigenvalue weighted by Crippen LogP contribution is -2.33. The summed E-state index contributed by atoms with van der Waals surface area (Å²) in [7, 11) is 0. The zero-order chi connectivity index (χ0) is 18.3. The van der Waals surface area contributed by atoms with Crippen molar-refractivity contribution in [1.29, 1.82) is 0 Å². The van der Waals surface area contributed by atoms with Crippen molar-refractivity contribution in [3.05, 3.63) is 22.4 Å². The van der Waals surface area contributed by atoms with E-state index in [9.17, 15) is 20.1 Å². The van der Waals surface area contributed by atoms with Gasteiger partial charge in [-0.25, -0.2) is 9.67 Å². The van der Waals surface area contributed by atoms with E-state index in [2.05, 4.69) is 23.9 Å². The normalized spacial score (nSPS) is 26.8. The topological polar surface area (TPSA) is 123 Å². The highest BCUT2D eigenvalue weighted by atomic mass is 16.6. The molecule has 3 heterocycles. The Morgan fingerprint density at radius 3 is 2.64 bits per heavy atom. The van der Waals surface area contributed by atoms with Crippen LogP contribution in [0.4, 0.5) is 0 Å². The van der Waals surface area contributed by atoms with E-state index in [0.29, 0.717) is 23.7 Å². The van der Waals surface area contributed by atoms with Crippen LogP contribution in [0.25, 0.3) is 11.0 Å². The molecule has 2 aromatic heterocycles. The minimum Gasteiger partial charge on any atom is -0.394 e. The van der Waals surface area contributed by atoms with Crippen LogP contribution in [0.1, 0.15) is 32.2 Å². The second-order valence-corrected chi connectivity index (χ2v) is 6.88. The zero-order valence-electron chi connectivity index (χ0n) is 14.5. The molecule has 0 amide bonds. The Morgan fingerprint density at radius 1 is 1.32 bits per heavy atom. The minimum atomic E-state index is -1.30. The Morgan fingerprint density at radius 2 is 2.04 bits per heavy atom. The molecule has 1 fully saturated rings. The average molecular weight is 352 g/mol. The molecule has 25 heavy (non-hydrogen) atoms. The third-order valence-corrected chi connectivity index (χ3v) is 4.55. The van der Waals surface area contributed by atoms with E-state index in [1.165, 1.54) is 15.6 Å². The van der Waals surface area contributed by atoms with Gasteiger partial charge in [0.25, 0.3) is 5.56 Å². The van der Waals surface area contributed by atoms with E-state index < -0.39 is 31.1 Å². The van der Waals surface area contributed by atoms with Crippen molar-refractivity contribution in [3.63, 3.8) is 0 Å². The molecule has 0 spiro atoms. The first-order valence-corrected chi connectivity index (χ1v) is 8.41. The number of fused-ring (bicyclic) bond motifs is 1. The zero-order valence-corrected chi connectivity index (χ0v) is 14.5. The number of aromatic nitrogens is 4. The van der Waals surface area contributed by atoms with Crippen LogP contribution < -0.4 is 5.56 Å². The molecule has 0 saturated carbocycles. The van der Waals surface area contributed by atoms with Gasteiger partial charge in [-0.1, -0.05) is 13.8 Å². The molecule has 3 N–H and O–H groups in total. The van der Waals surface area contributed by atoms with Crippen LogP contribution in [0, 0.1) is 12.8 Å². The summed E-state index contributed by atoms with van der Waals surface area (Å²) < 4.78 is 8.30. The van der Waals surface area contributed by atoms with Gasteiger partial charge in [0.05, 0.1) is 18.6 Å². The van der Waals surface area contributed by atoms with Crippen molar-refractivity contribution in [2.75, 3.05) is 6.61 Å². The van der Waals surface area contributed by atoms with Crippen LogP contribution in [0.3, 0.4) is 0 Å². The van der Waals surface area contributed by atoms with Crippen molar-refractivity contribution >= 4 is 11.0 Å². The summed E-state index contributed by atoms with van der Waals surface area (Å²) >= 11 is 0. The number of ether oxygens (including phenoxy) is 1. The Bertz CT molecular complexity index is 815. The third kappa shape index (κ3) is 3.08. The first kappa shape index (κ1) is 18.0. The molecular formula is C16H24N4O5. The van der Waals surface area contributed by atoms with Gasteiger partial charge in [0.15, 0.2) is 11.7 Å². The first-order chi connectivity index (χ1) is 11.8. The standard InChI is InChI=1S/C16H24N4O5/c1-8(2)4-5-19-7-17-11-9(3)18-20(12(11)15(19)24)16-14(23)13(22)10(6-21)25-16/h7-8,10,13-14,16,21-23H,4-6H2,1-3H3/t10-,13-,14-,16?/m1/s1. The number of hydrogen-bond donors (Lipinski definition) is 3. The van der Waals surface area contributed by atoms with Gasteiger partial charge in [-0.15, -0.1) is 0 Å². The van der Waals surface area contributed by atoms with Gasteiger partial charge in [-0.05, 0) is 19.3 Å². The van der Waals surface area contributed by atoms with Crippen molar-refractivity contribution in [1.82, 2.24) is 19.3 Å². The van der Waals surface area contributed by atoms with E-state index in [4.69, 9.17) is 4.74 Å². The molecule has 1 aliphatic rings. The highest BCUT2D eigenvalue weighted by Gasteiger charge is 2.44. The second kappa shape index (κ2) is 6.83. The van der Waals surface area contributed by atoms with Crippen molar-refractivity contribution < 1.29 is 20.1 Å². The summed E-state index contributed by atoms with van der Waals surface area (Å²) in [5, 5.41) is 33.7. The van der Waals surface area contributed by atoms with Gasteiger partial charge < -0.3 is 20.1 Å². The predicted octanol–water partition coefficient (Wildman–Crippen LogP) is -0.441. The number of rotatable bonds is 5. The number of hydrogen-bond acceptors (Lipinski definition) is 7. The maximum Gasteiger partial charge on any atom is 0.279 e. The summed E-state index contributed by atoms with van der Waals surface area (Å²) in [5.41, 5.74) is 0.909. The fourth-order valence-corrected chi connectivity index (χ4v) is 3.03. The van der Waals surface area contributed by atoms with Crippen molar-refractivity contribution in [3.8, 4) is 0 Å². The number of aliphatic hydroxyl groups is 3. The summed E-state index contributed by atoms with van der Waals surface area (Å²) in [6, 6.07) is 0. The number of aryl methyl sites for hydroxylation is 2. The maximum atomic E-state index is 12.9. The number of aliphatic hydroxyl groups excluding tert-OH is 3. The quantitative estimate of drug-likeness (QED) is 0.666. The molecule has 138 valence electrons. The van der Waals surface area contributed by atoms with Gasteiger partial charge in [0.1, 0.15) is 23.8 Å². The van der Waals surface area contributed by atoms with Crippen LogP contribution in [-0.4, -0.2) is 59.6 Å². The lowest BCUT2D eigenvalue weighted by atomic mass is 10.1. The molecule has 1 saturated heterocycles. The van der Waals surface area contributed by atoms with Crippen molar-refractivity contribution in [2.45, 2.75) is 58.3 Å². The Labute approximate surface area is 144 Å². The van der Waals surface area contributed by atoms with Crippen LogP contribution in [0.5, 0.6) is 0 Å². The van der Waals surface area contributed by atoms with E-state index in [1.807, 2.05) is 0 Å². The minimum absolute atomic E-state index is 0.221. The molecule has 0 aromatic carbocycles. The average Bonchev–Trinajstić information content (AvgIpc) is 3.05. The molecular weight excluding hydrogens is 328 g/mol. The lowest BCUT2D eigenvalue weighted by molar-refractivity contribution is -0.0566. The van der Waals surface area contributed by atoms with Gasteiger partial charge in [0.2, 0.25) is 0 Å². The fraction of sp³-hybridized carbons (Fsp3) is 0.688. The molecule has 0 bridgehead atoms.